The molecule has 17 atom stereocenters. The van der Waals surface area contributed by atoms with Crippen LogP contribution < -0.4 is 5.32 Å². The fourth-order valence-corrected chi connectivity index (χ4v) is 8.65. The highest BCUT2D eigenvalue weighted by Gasteiger charge is 2.53. The minimum absolute atomic E-state index is 0.233. The largest absolute Gasteiger partial charge is 0.394 e. The molecule has 0 aromatic rings. The number of unbranched alkanes of at least 4 members (excludes halogenated alkanes) is 17. The number of rotatable bonds is 35. The Morgan fingerprint density at radius 2 is 0.926 bits per heavy atom. The van der Waals surface area contributed by atoms with Crippen LogP contribution in [0.5, 0.6) is 0 Å². The van der Waals surface area contributed by atoms with Crippen molar-refractivity contribution in [3.05, 3.63) is 24.3 Å². The van der Waals surface area contributed by atoms with Gasteiger partial charge in [-0.05, 0) is 44.9 Å². The van der Waals surface area contributed by atoms with E-state index in [1.807, 2.05) is 6.08 Å². The maximum absolute atomic E-state index is 13.2. The Morgan fingerprint density at radius 1 is 0.515 bits per heavy atom. The zero-order chi connectivity index (χ0) is 49.8. The summed E-state index contributed by atoms with van der Waals surface area (Å²) in [5, 5.41) is 119. The van der Waals surface area contributed by atoms with Gasteiger partial charge in [0.05, 0.1) is 38.6 Å². The molecule has 0 bridgehead atoms. The smallest absolute Gasteiger partial charge is 0.220 e. The predicted octanol–water partition coefficient (Wildman–Crippen LogP) is 1.64. The first-order valence-electron chi connectivity index (χ1n) is 25.6. The first-order chi connectivity index (χ1) is 32.8. The number of carbonyl (C=O) groups is 1. The Hall–Kier alpha value is -1.73. The minimum atomic E-state index is -1.97. The lowest BCUT2D eigenvalue weighted by Gasteiger charge is -2.48. The van der Waals surface area contributed by atoms with Crippen molar-refractivity contribution >= 4 is 5.91 Å². The molecule has 0 aliphatic carbocycles. The van der Waals surface area contributed by atoms with Crippen molar-refractivity contribution in [2.24, 2.45) is 0 Å². The summed E-state index contributed by atoms with van der Waals surface area (Å²) < 4.78 is 34.0. The van der Waals surface area contributed by atoms with Gasteiger partial charge in [0, 0.05) is 6.42 Å². The number of aliphatic hydroxyl groups is 11. The highest BCUT2D eigenvalue weighted by Crippen LogP contribution is 2.33. The van der Waals surface area contributed by atoms with Crippen molar-refractivity contribution in [1.82, 2.24) is 5.32 Å². The van der Waals surface area contributed by atoms with Crippen molar-refractivity contribution in [1.29, 1.82) is 0 Å². The van der Waals surface area contributed by atoms with Crippen LogP contribution in [0.3, 0.4) is 0 Å². The van der Waals surface area contributed by atoms with Gasteiger partial charge in [-0.2, -0.15) is 0 Å². The Kier molecular flexibility index (Phi) is 30.8. The van der Waals surface area contributed by atoms with Gasteiger partial charge in [0.25, 0.3) is 0 Å². The van der Waals surface area contributed by atoms with Gasteiger partial charge in [-0.25, -0.2) is 0 Å². The van der Waals surface area contributed by atoms with E-state index in [0.29, 0.717) is 6.42 Å². The van der Waals surface area contributed by atoms with Crippen molar-refractivity contribution in [2.45, 2.75) is 253 Å². The summed E-state index contributed by atoms with van der Waals surface area (Å²) in [6.07, 6.45) is 3.40. The predicted molar refractivity (Wildman–Crippen MR) is 250 cm³/mol. The molecule has 3 rings (SSSR count). The molecule has 0 saturated carbocycles. The number of aliphatic hydroxyl groups excluding tert-OH is 11. The molecular formula is C49H89NO18. The molecule has 3 saturated heterocycles. The topological polar surface area (TPSA) is 307 Å². The SMILES string of the molecule is CCCCCCC/C=C\CCCCCCCC(=O)NC(COC1OC(CO)C(OC2OC(CO)C(OC3OC(CO)C(O)C(O)C3O)C(O)C2O)C(O)C1O)C(O)/C=C/CCCCCCCCC. The van der Waals surface area contributed by atoms with E-state index in [1.165, 1.54) is 57.8 Å². The number of amides is 1. The molecule has 19 nitrogen and oxygen atoms in total. The summed E-state index contributed by atoms with van der Waals surface area (Å²) >= 11 is 0. The zero-order valence-electron chi connectivity index (χ0n) is 40.6. The summed E-state index contributed by atoms with van der Waals surface area (Å²) in [5.74, 6) is -0.290. The first kappa shape index (κ1) is 60.6. The van der Waals surface area contributed by atoms with Gasteiger partial charge < -0.3 is 89.9 Å². The summed E-state index contributed by atoms with van der Waals surface area (Å²) in [4.78, 5) is 13.2. The second kappa shape index (κ2) is 34.6. The molecule has 0 radical (unpaired) electrons. The van der Waals surface area contributed by atoms with Crippen LogP contribution in [0.2, 0.25) is 0 Å². The van der Waals surface area contributed by atoms with Gasteiger partial charge >= 0.3 is 0 Å². The summed E-state index contributed by atoms with van der Waals surface area (Å²) in [6, 6.07) is -0.971. The normalized spacial score (nSPS) is 33.3. The molecule has 17 unspecified atom stereocenters. The van der Waals surface area contributed by atoms with Crippen LogP contribution in [-0.2, 0) is 33.2 Å². The van der Waals surface area contributed by atoms with E-state index in [4.69, 9.17) is 28.4 Å². The van der Waals surface area contributed by atoms with Crippen molar-refractivity contribution in [3.8, 4) is 0 Å². The monoisotopic (exact) mass is 980 g/mol. The number of hydrogen-bond acceptors (Lipinski definition) is 18. The Balaban J connectivity index is 1.56. The van der Waals surface area contributed by atoms with E-state index in [9.17, 15) is 61.0 Å². The van der Waals surface area contributed by atoms with Crippen molar-refractivity contribution in [3.63, 3.8) is 0 Å². The molecule has 3 heterocycles. The highest BCUT2D eigenvalue weighted by atomic mass is 16.8. The van der Waals surface area contributed by atoms with Crippen LogP contribution in [0, 0.1) is 0 Å². The van der Waals surface area contributed by atoms with Crippen LogP contribution >= 0.6 is 0 Å². The molecule has 1 amide bonds. The van der Waals surface area contributed by atoms with E-state index in [0.717, 1.165) is 64.2 Å². The van der Waals surface area contributed by atoms with Gasteiger partial charge in [0.15, 0.2) is 18.9 Å². The number of carbonyl (C=O) groups excluding carboxylic acids is 1. The van der Waals surface area contributed by atoms with E-state index in [1.54, 1.807) is 6.08 Å². The molecular weight excluding hydrogens is 891 g/mol. The lowest BCUT2D eigenvalue weighted by Crippen LogP contribution is -2.66. The third-order valence-corrected chi connectivity index (χ3v) is 13.0. The summed E-state index contributed by atoms with van der Waals surface area (Å²) in [6.45, 7) is 1.62. The van der Waals surface area contributed by atoms with Crippen LogP contribution in [0.1, 0.15) is 149 Å². The molecule has 3 aliphatic rings. The van der Waals surface area contributed by atoms with Gasteiger partial charge in [-0.1, -0.05) is 122 Å². The quantitative estimate of drug-likeness (QED) is 0.0317. The van der Waals surface area contributed by atoms with Gasteiger partial charge in [0.1, 0.15) is 73.2 Å². The first-order valence-corrected chi connectivity index (χ1v) is 25.6. The maximum atomic E-state index is 13.2. The molecule has 0 aromatic carbocycles. The second-order valence-corrected chi connectivity index (χ2v) is 18.6. The van der Waals surface area contributed by atoms with E-state index in [2.05, 4.69) is 31.3 Å². The molecule has 3 aliphatic heterocycles. The molecule has 19 heteroatoms. The van der Waals surface area contributed by atoms with Crippen LogP contribution in [-0.4, -0.2) is 193 Å². The van der Waals surface area contributed by atoms with E-state index in [-0.39, 0.29) is 18.9 Å². The summed E-state index contributed by atoms with van der Waals surface area (Å²) in [5.41, 5.74) is 0. The highest BCUT2D eigenvalue weighted by molar-refractivity contribution is 5.76. The standard InChI is InChI=1S/C49H89NO18/c1-3-5-7-9-11-13-14-15-16-17-19-21-23-25-27-37(55)50-32(33(54)26-24-22-20-18-12-10-8-6-4-2)31-63-47-43(61)40(58)45(35(29-52)65-47)68-49-44(62)41(59)46(36(30-53)66-49)67-48-42(60)39(57)38(56)34(28-51)64-48/h14-15,24,26,32-36,38-49,51-54,56-62H,3-13,16-23,25,27-31H2,1-2H3,(H,50,55)/b15-14-,26-24+. The van der Waals surface area contributed by atoms with Crippen LogP contribution in [0.25, 0.3) is 0 Å². The molecule has 3 fully saturated rings. The number of ether oxygens (including phenoxy) is 6. The fraction of sp³-hybridized carbons (Fsp3) is 0.898. The lowest BCUT2D eigenvalue weighted by atomic mass is 9.96. The number of hydrogen-bond donors (Lipinski definition) is 12. The molecule has 68 heavy (non-hydrogen) atoms. The maximum Gasteiger partial charge on any atom is 0.220 e. The average molecular weight is 980 g/mol. The average Bonchev–Trinajstić information content (AvgIpc) is 3.33. The lowest BCUT2D eigenvalue weighted by molar-refractivity contribution is -0.379. The Bertz CT molecular complexity index is 1360. The number of allylic oxidation sites excluding steroid dienone is 3. The van der Waals surface area contributed by atoms with Crippen molar-refractivity contribution in [2.75, 3.05) is 26.4 Å². The van der Waals surface area contributed by atoms with Crippen molar-refractivity contribution < 1.29 is 89.4 Å². The van der Waals surface area contributed by atoms with E-state index < -0.39 is 124 Å². The fourth-order valence-electron chi connectivity index (χ4n) is 8.65. The third-order valence-electron chi connectivity index (χ3n) is 13.0. The molecule has 0 spiro atoms. The zero-order valence-corrected chi connectivity index (χ0v) is 40.6. The molecule has 398 valence electrons. The summed E-state index contributed by atoms with van der Waals surface area (Å²) in [7, 11) is 0. The second-order valence-electron chi connectivity index (χ2n) is 18.6. The Morgan fingerprint density at radius 3 is 1.43 bits per heavy atom. The Labute approximate surface area is 403 Å². The number of nitrogens with one attached hydrogen (secondary N) is 1. The minimum Gasteiger partial charge on any atom is -0.394 e. The van der Waals surface area contributed by atoms with E-state index >= 15 is 0 Å². The van der Waals surface area contributed by atoms with Gasteiger partial charge in [0.2, 0.25) is 5.91 Å². The van der Waals surface area contributed by atoms with Gasteiger partial charge in [-0.15, -0.1) is 0 Å². The van der Waals surface area contributed by atoms with Gasteiger partial charge in [-0.3, -0.25) is 4.79 Å². The van der Waals surface area contributed by atoms with Crippen LogP contribution in [0.15, 0.2) is 24.3 Å². The molecule has 12 N–H and O–H groups in total. The van der Waals surface area contributed by atoms with Crippen LogP contribution in [0.4, 0.5) is 0 Å². The molecule has 0 aromatic heterocycles. The third kappa shape index (κ3) is 20.4.